The number of ether oxygens (including phenoxy) is 1. The van der Waals surface area contributed by atoms with Crippen LogP contribution in [0.2, 0.25) is 0 Å². The van der Waals surface area contributed by atoms with Gasteiger partial charge in [-0.15, -0.1) is 0 Å². The minimum atomic E-state index is -3.75. The lowest BCUT2D eigenvalue weighted by Crippen LogP contribution is -2.40. The first-order chi connectivity index (χ1) is 17.8. The Morgan fingerprint density at radius 2 is 1.63 bits per heavy atom. The summed E-state index contributed by atoms with van der Waals surface area (Å²) in [7, 11) is -3.75. The van der Waals surface area contributed by atoms with Gasteiger partial charge in [-0.3, -0.25) is 4.90 Å². The Labute approximate surface area is 227 Å². The van der Waals surface area contributed by atoms with E-state index in [1.165, 1.54) is 12.8 Å². The zero-order chi connectivity index (χ0) is 26.0. The third-order valence-corrected chi connectivity index (χ3v) is 9.41. The van der Waals surface area contributed by atoms with Gasteiger partial charge in [0.1, 0.15) is 18.1 Å². The Morgan fingerprint density at radius 1 is 0.947 bits per heavy atom. The van der Waals surface area contributed by atoms with Gasteiger partial charge in [0.05, 0.1) is 10.9 Å². The lowest BCUT2D eigenvalue weighted by atomic mass is 9.89. The van der Waals surface area contributed by atoms with Crippen LogP contribution in [0.4, 0.5) is 0 Å². The molecular formula is C31H40N2O4S. The molecule has 1 fully saturated rings. The van der Waals surface area contributed by atoms with Gasteiger partial charge in [0.15, 0.2) is 0 Å². The Kier molecular flexibility index (Phi) is 8.81. The SMILES string of the molecule is C.CC(C)c1ccc(S(=O)(=O)N2CCc3cc(O)ccc3C2c2ccc(OCCN3CCCC3)cc2)cc1. The minimum Gasteiger partial charge on any atom is -0.508 e. The molecule has 3 aromatic carbocycles. The van der Waals surface area contributed by atoms with Crippen molar-refractivity contribution >= 4 is 10.0 Å². The van der Waals surface area contributed by atoms with E-state index in [4.69, 9.17) is 4.74 Å². The van der Waals surface area contributed by atoms with Crippen LogP contribution in [-0.2, 0) is 16.4 Å². The van der Waals surface area contributed by atoms with Gasteiger partial charge < -0.3 is 9.84 Å². The Hall–Kier alpha value is -2.87. The van der Waals surface area contributed by atoms with Crippen LogP contribution >= 0.6 is 0 Å². The summed E-state index contributed by atoms with van der Waals surface area (Å²) in [5.74, 6) is 1.30. The van der Waals surface area contributed by atoms with E-state index in [2.05, 4.69) is 18.7 Å². The number of sulfonamides is 1. The highest BCUT2D eigenvalue weighted by molar-refractivity contribution is 7.89. The number of aromatic hydroxyl groups is 1. The predicted molar refractivity (Wildman–Crippen MR) is 152 cm³/mol. The zero-order valence-electron chi connectivity index (χ0n) is 21.6. The van der Waals surface area contributed by atoms with Crippen molar-refractivity contribution in [3.8, 4) is 11.5 Å². The number of hydrogen-bond donors (Lipinski definition) is 1. The normalized spacial score (nSPS) is 18.2. The second kappa shape index (κ2) is 11.9. The number of phenols is 1. The summed E-state index contributed by atoms with van der Waals surface area (Å²) in [4.78, 5) is 2.71. The Morgan fingerprint density at radius 3 is 2.29 bits per heavy atom. The van der Waals surface area contributed by atoms with E-state index < -0.39 is 16.1 Å². The first-order valence-corrected chi connectivity index (χ1v) is 14.7. The minimum absolute atomic E-state index is 0. The standard InChI is InChI=1S/C30H36N2O4S.CH4/c1-22(2)23-7-12-28(13-8-23)37(34,35)32-18-15-25-21-26(33)9-14-29(25)30(32)24-5-10-27(11-6-24)36-20-19-31-16-3-4-17-31;/h5-14,21-22,30,33H,3-4,15-20H2,1-2H3;1H4. The van der Waals surface area contributed by atoms with Gasteiger partial charge in [0, 0.05) is 13.1 Å². The molecule has 0 radical (unpaired) electrons. The molecule has 1 unspecified atom stereocenters. The second-order valence-electron chi connectivity index (χ2n) is 10.3. The molecule has 2 aliphatic heterocycles. The van der Waals surface area contributed by atoms with E-state index in [1.54, 1.807) is 28.6 Å². The second-order valence-corrected chi connectivity index (χ2v) is 12.2. The monoisotopic (exact) mass is 536 g/mol. The van der Waals surface area contributed by atoms with Gasteiger partial charge in [-0.2, -0.15) is 4.31 Å². The molecule has 2 heterocycles. The fourth-order valence-corrected chi connectivity index (χ4v) is 7.00. The quantitative estimate of drug-likeness (QED) is 0.385. The van der Waals surface area contributed by atoms with Gasteiger partial charge in [0.2, 0.25) is 10.0 Å². The molecule has 0 aliphatic carbocycles. The van der Waals surface area contributed by atoms with E-state index in [9.17, 15) is 13.5 Å². The Bertz CT molecular complexity index is 1310. The van der Waals surface area contributed by atoms with E-state index in [-0.39, 0.29) is 13.2 Å². The highest BCUT2D eigenvalue weighted by Gasteiger charge is 2.37. The van der Waals surface area contributed by atoms with E-state index >= 15 is 0 Å². The van der Waals surface area contributed by atoms with Crippen molar-refractivity contribution in [3.05, 3.63) is 89.0 Å². The van der Waals surface area contributed by atoms with Crippen LogP contribution in [0.15, 0.2) is 71.6 Å². The number of nitrogens with zero attached hydrogens (tertiary/aromatic N) is 2. The van der Waals surface area contributed by atoms with Gasteiger partial charge in [0.25, 0.3) is 0 Å². The van der Waals surface area contributed by atoms with Crippen LogP contribution in [0.25, 0.3) is 0 Å². The van der Waals surface area contributed by atoms with Crippen LogP contribution in [0.1, 0.15) is 68.3 Å². The van der Waals surface area contributed by atoms with E-state index in [0.717, 1.165) is 47.6 Å². The highest BCUT2D eigenvalue weighted by atomic mass is 32.2. The van der Waals surface area contributed by atoms with Crippen LogP contribution in [0.5, 0.6) is 11.5 Å². The molecule has 2 aliphatic rings. The van der Waals surface area contributed by atoms with Crippen molar-refractivity contribution < 1.29 is 18.3 Å². The van der Waals surface area contributed by atoms with E-state index in [1.807, 2.05) is 42.5 Å². The molecule has 1 saturated heterocycles. The van der Waals surface area contributed by atoms with Crippen LogP contribution in [-0.4, -0.2) is 55.5 Å². The van der Waals surface area contributed by atoms with Crippen molar-refractivity contribution in [2.45, 2.75) is 57.4 Å². The topological polar surface area (TPSA) is 70.1 Å². The molecule has 6 nitrogen and oxygen atoms in total. The average Bonchev–Trinajstić information content (AvgIpc) is 3.42. The van der Waals surface area contributed by atoms with E-state index in [0.29, 0.717) is 30.4 Å². The van der Waals surface area contributed by atoms with Gasteiger partial charge >= 0.3 is 0 Å². The van der Waals surface area contributed by atoms with Crippen LogP contribution < -0.4 is 4.74 Å². The number of likely N-dealkylation sites (tertiary alicyclic amines) is 1. The first kappa shape index (κ1) is 28.1. The first-order valence-electron chi connectivity index (χ1n) is 13.2. The van der Waals surface area contributed by atoms with Gasteiger partial charge in [-0.05, 0) is 96.9 Å². The summed E-state index contributed by atoms with van der Waals surface area (Å²) < 4.78 is 35.4. The Balaban J connectivity index is 0.00000336. The largest absolute Gasteiger partial charge is 0.508 e. The molecule has 5 rings (SSSR count). The lowest BCUT2D eigenvalue weighted by molar-refractivity contribution is 0.237. The maximum Gasteiger partial charge on any atom is 0.243 e. The number of fused-ring (bicyclic) bond motifs is 1. The van der Waals surface area contributed by atoms with Crippen molar-refractivity contribution in [2.24, 2.45) is 0 Å². The summed E-state index contributed by atoms with van der Waals surface area (Å²) in [6.07, 6.45) is 3.06. The fourth-order valence-electron chi connectivity index (χ4n) is 5.40. The summed E-state index contributed by atoms with van der Waals surface area (Å²) in [6.45, 7) is 8.36. The molecule has 0 saturated carbocycles. The van der Waals surface area contributed by atoms with Crippen molar-refractivity contribution in [2.75, 3.05) is 32.8 Å². The molecule has 0 aromatic heterocycles. The third-order valence-electron chi connectivity index (χ3n) is 7.53. The third kappa shape index (κ3) is 5.90. The smallest absolute Gasteiger partial charge is 0.243 e. The summed E-state index contributed by atoms with van der Waals surface area (Å²) >= 11 is 0. The lowest BCUT2D eigenvalue weighted by Gasteiger charge is -2.37. The molecule has 204 valence electrons. The van der Waals surface area contributed by atoms with Crippen molar-refractivity contribution in [1.29, 1.82) is 0 Å². The number of rotatable bonds is 8. The van der Waals surface area contributed by atoms with Crippen molar-refractivity contribution in [1.82, 2.24) is 9.21 Å². The molecule has 0 spiro atoms. The molecule has 1 N–H and O–H groups in total. The summed E-state index contributed by atoms with van der Waals surface area (Å²) in [6, 6.07) is 19.7. The zero-order valence-corrected chi connectivity index (χ0v) is 22.5. The molecule has 1 atom stereocenters. The molecule has 38 heavy (non-hydrogen) atoms. The number of hydrogen-bond acceptors (Lipinski definition) is 5. The molecule has 7 heteroatoms. The molecular weight excluding hydrogens is 496 g/mol. The fraction of sp³-hybridized carbons (Fsp3) is 0.419. The summed E-state index contributed by atoms with van der Waals surface area (Å²) in [5, 5.41) is 10.1. The maximum atomic E-state index is 13.9. The van der Waals surface area contributed by atoms with Crippen molar-refractivity contribution in [3.63, 3.8) is 0 Å². The maximum absolute atomic E-state index is 13.9. The predicted octanol–water partition coefficient (Wildman–Crippen LogP) is 5.96. The molecule has 0 bridgehead atoms. The van der Waals surface area contributed by atoms with Crippen LogP contribution in [0.3, 0.4) is 0 Å². The average molecular weight is 537 g/mol. The molecule has 3 aromatic rings. The van der Waals surface area contributed by atoms with Gasteiger partial charge in [-0.1, -0.05) is 51.6 Å². The number of phenolic OH excluding ortho intramolecular Hbond substituents is 1. The summed E-state index contributed by atoms with van der Waals surface area (Å²) in [5.41, 5.74) is 3.85. The van der Waals surface area contributed by atoms with Gasteiger partial charge in [-0.25, -0.2) is 8.42 Å². The molecule has 0 amide bonds. The van der Waals surface area contributed by atoms with Crippen LogP contribution in [0, 0.1) is 0 Å². The number of benzene rings is 3. The highest BCUT2D eigenvalue weighted by Crippen LogP contribution is 2.40.